The van der Waals surface area contributed by atoms with Gasteiger partial charge in [0.05, 0.1) is 5.41 Å². The van der Waals surface area contributed by atoms with Crippen molar-refractivity contribution in [1.29, 1.82) is 0 Å². The second-order valence-corrected chi connectivity index (χ2v) is 5.30. The number of Topliss-reactive ketones (excluding diaryl/α,β-unsaturated/α-hetero) is 2. The van der Waals surface area contributed by atoms with Crippen molar-refractivity contribution < 1.29 is 9.59 Å². The third kappa shape index (κ3) is 1.40. The number of hydrogen-bond acceptors (Lipinski definition) is 2. The van der Waals surface area contributed by atoms with Crippen molar-refractivity contribution in [1.82, 2.24) is 0 Å². The predicted molar refractivity (Wildman–Crippen MR) is 68.0 cm³/mol. The van der Waals surface area contributed by atoms with Crippen LogP contribution in [0.1, 0.15) is 52.1 Å². The van der Waals surface area contributed by atoms with Crippen LogP contribution < -0.4 is 0 Å². The number of carbonyl (C=O) groups excluding carboxylic acids is 2. The lowest BCUT2D eigenvalue weighted by Gasteiger charge is -2.17. The molecular weight excluding hydrogens is 236 g/mol. The second kappa shape index (κ2) is 3.67. The summed E-state index contributed by atoms with van der Waals surface area (Å²) in [7, 11) is 0. The number of rotatable bonds is 1. The molecule has 90 valence electrons. The van der Waals surface area contributed by atoms with Crippen LogP contribution in [0.5, 0.6) is 0 Å². The highest BCUT2D eigenvalue weighted by Crippen LogP contribution is 2.43. The molecule has 0 saturated heterocycles. The van der Waals surface area contributed by atoms with Gasteiger partial charge >= 0.3 is 0 Å². The smallest absolute Gasteiger partial charge is 0.177 e. The van der Waals surface area contributed by atoms with Crippen LogP contribution >= 0.6 is 11.6 Å². The van der Waals surface area contributed by atoms with Gasteiger partial charge in [-0.2, -0.15) is 0 Å². The zero-order valence-electron chi connectivity index (χ0n) is 10.5. The Labute approximate surface area is 106 Å². The van der Waals surface area contributed by atoms with Gasteiger partial charge in [0.15, 0.2) is 11.6 Å². The third-order valence-corrected chi connectivity index (χ3v) is 4.28. The maximum absolute atomic E-state index is 12.4. The molecule has 1 atom stereocenters. The second-order valence-electron chi connectivity index (χ2n) is 4.89. The molecule has 0 saturated carbocycles. The number of halogens is 1. The highest BCUT2D eigenvalue weighted by atomic mass is 35.5. The first-order valence-electron chi connectivity index (χ1n) is 5.74. The van der Waals surface area contributed by atoms with E-state index in [1.807, 2.05) is 13.8 Å². The lowest BCUT2D eigenvalue weighted by Crippen LogP contribution is -2.28. The van der Waals surface area contributed by atoms with Crippen LogP contribution in [-0.2, 0) is 0 Å². The topological polar surface area (TPSA) is 34.1 Å². The average Bonchev–Trinajstić information content (AvgIpc) is 2.49. The number of fused-ring (bicyclic) bond motifs is 1. The van der Waals surface area contributed by atoms with E-state index in [-0.39, 0.29) is 11.6 Å². The molecule has 0 heterocycles. The molecule has 3 heteroatoms. The molecule has 2 nitrogen and oxygen atoms in total. The van der Waals surface area contributed by atoms with Crippen LogP contribution in [0.15, 0.2) is 6.07 Å². The fourth-order valence-electron chi connectivity index (χ4n) is 2.43. The summed E-state index contributed by atoms with van der Waals surface area (Å²) in [5, 5.41) is 0.558. The minimum atomic E-state index is -0.900. The number of aryl methyl sites for hydroxylation is 1. The Morgan fingerprint density at radius 1 is 1.18 bits per heavy atom. The Morgan fingerprint density at radius 2 is 1.71 bits per heavy atom. The summed E-state index contributed by atoms with van der Waals surface area (Å²) in [5.41, 5.74) is 1.72. The molecule has 0 bridgehead atoms. The van der Waals surface area contributed by atoms with E-state index in [0.717, 1.165) is 11.1 Å². The molecule has 0 aliphatic heterocycles. The standard InChI is InChI=1S/C14H15ClO2/c1-5-14(4)12(16)10-7(2)6-9(15)8(3)11(10)13(14)17/h6H,5H2,1-4H3. The molecule has 0 aromatic heterocycles. The average molecular weight is 251 g/mol. The maximum atomic E-state index is 12.4. The van der Waals surface area contributed by atoms with Gasteiger partial charge < -0.3 is 0 Å². The quantitative estimate of drug-likeness (QED) is 0.712. The largest absolute Gasteiger partial charge is 0.293 e. The Kier molecular flexibility index (Phi) is 2.66. The molecule has 1 aliphatic rings. The van der Waals surface area contributed by atoms with Gasteiger partial charge in [-0.15, -0.1) is 0 Å². The monoisotopic (exact) mass is 250 g/mol. The summed E-state index contributed by atoms with van der Waals surface area (Å²) in [6, 6.07) is 1.77. The van der Waals surface area contributed by atoms with E-state index < -0.39 is 5.41 Å². The van der Waals surface area contributed by atoms with Gasteiger partial charge in [0.25, 0.3) is 0 Å². The van der Waals surface area contributed by atoms with Gasteiger partial charge in [0.1, 0.15) is 0 Å². The lowest BCUT2D eigenvalue weighted by molar-refractivity contribution is 0.0716. The van der Waals surface area contributed by atoms with E-state index >= 15 is 0 Å². The zero-order valence-corrected chi connectivity index (χ0v) is 11.2. The highest BCUT2D eigenvalue weighted by Gasteiger charge is 2.49. The maximum Gasteiger partial charge on any atom is 0.177 e. The minimum absolute atomic E-state index is 0.0581. The van der Waals surface area contributed by atoms with Crippen molar-refractivity contribution in [3.05, 3.63) is 33.3 Å². The summed E-state index contributed by atoms with van der Waals surface area (Å²) in [4.78, 5) is 24.8. The molecule has 0 radical (unpaired) electrons. The molecule has 1 aromatic rings. The van der Waals surface area contributed by atoms with Crippen LogP contribution in [0.4, 0.5) is 0 Å². The van der Waals surface area contributed by atoms with Gasteiger partial charge in [-0.3, -0.25) is 9.59 Å². The Bertz CT molecular complexity index is 546. The summed E-state index contributed by atoms with van der Waals surface area (Å²) >= 11 is 6.08. The molecular formula is C14H15ClO2. The van der Waals surface area contributed by atoms with Gasteiger partial charge in [0, 0.05) is 16.1 Å². The van der Waals surface area contributed by atoms with Crippen LogP contribution in [0.3, 0.4) is 0 Å². The Hall–Kier alpha value is -1.15. The molecule has 0 fully saturated rings. The zero-order chi connectivity index (χ0) is 13.0. The molecule has 1 aliphatic carbocycles. The van der Waals surface area contributed by atoms with Crippen molar-refractivity contribution in [2.75, 3.05) is 0 Å². The molecule has 2 rings (SSSR count). The van der Waals surface area contributed by atoms with E-state index in [4.69, 9.17) is 11.6 Å². The molecule has 0 N–H and O–H groups in total. The predicted octanol–water partition coefficient (Wildman–Crippen LogP) is 3.75. The highest BCUT2D eigenvalue weighted by molar-refractivity contribution is 6.35. The van der Waals surface area contributed by atoms with Crippen LogP contribution in [-0.4, -0.2) is 11.6 Å². The van der Waals surface area contributed by atoms with E-state index in [1.54, 1.807) is 19.9 Å². The number of carbonyl (C=O) groups is 2. The summed E-state index contributed by atoms with van der Waals surface area (Å²) in [5.74, 6) is -0.139. The van der Waals surface area contributed by atoms with E-state index in [2.05, 4.69) is 0 Å². The van der Waals surface area contributed by atoms with Crippen LogP contribution in [0, 0.1) is 19.3 Å². The van der Waals surface area contributed by atoms with Gasteiger partial charge in [-0.25, -0.2) is 0 Å². The number of hydrogen-bond donors (Lipinski definition) is 0. The Balaban J connectivity index is 2.83. The SMILES string of the molecule is CCC1(C)C(=O)c2c(C)cc(Cl)c(C)c2C1=O. The molecule has 0 spiro atoms. The van der Waals surface area contributed by atoms with Crippen molar-refractivity contribution >= 4 is 23.2 Å². The van der Waals surface area contributed by atoms with Crippen molar-refractivity contribution in [2.24, 2.45) is 5.41 Å². The van der Waals surface area contributed by atoms with Gasteiger partial charge in [0.2, 0.25) is 0 Å². The molecule has 1 unspecified atom stereocenters. The van der Waals surface area contributed by atoms with Gasteiger partial charge in [-0.05, 0) is 44.4 Å². The normalized spacial score (nSPS) is 23.1. The summed E-state index contributed by atoms with van der Waals surface area (Å²) in [6.45, 7) is 7.22. The first kappa shape index (κ1) is 12.3. The van der Waals surface area contributed by atoms with Crippen LogP contribution in [0.2, 0.25) is 5.02 Å². The van der Waals surface area contributed by atoms with E-state index in [1.165, 1.54) is 0 Å². The number of ketones is 2. The van der Waals surface area contributed by atoms with Crippen molar-refractivity contribution in [3.8, 4) is 0 Å². The third-order valence-electron chi connectivity index (χ3n) is 3.88. The fraction of sp³-hybridized carbons (Fsp3) is 0.429. The first-order valence-corrected chi connectivity index (χ1v) is 6.11. The van der Waals surface area contributed by atoms with Gasteiger partial charge in [-0.1, -0.05) is 18.5 Å². The summed E-state index contributed by atoms with van der Waals surface area (Å²) < 4.78 is 0. The fourth-order valence-corrected chi connectivity index (χ4v) is 2.69. The molecule has 1 aromatic carbocycles. The lowest BCUT2D eigenvalue weighted by atomic mass is 9.82. The summed E-state index contributed by atoms with van der Waals surface area (Å²) in [6.07, 6.45) is 0.524. The van der Waals surface area contributed by atoms with E-state index in [9.17, 15) is 9.59 Å². The first-order chi connectivity index (χ1) is 7.84. The number of benzene rings is 1. The Morgan fingerprint density at radius 3 is 2.24 bits per heavy atom. The van der Waals surface area contributed by atoms with Crippen LogP contribution in [0.25, 0.3) is 0 Å². The van der Waals surface area contributed by atoms with Crippen molar-refractivity contribution in [2.45, 2.75) is 34.1 Å². The molecule has 0 amide bonds. The minimum Gasteiger partial charge on any atom is -0.293 e. The molecule has 17 heavy (non-hydrogen) atoms. The van der Waals surface area contributed by atoms with Crippen molar-refractivity contribution in [3.63, 3.8) is 0 Å². The van der Waals surface area contributed by atoms with E-state index in [0.29, 0.717) is 22.6 Å².